The lowest BCUT2D eigenvalue weighted by atomic mass is 10.1. The average Bonchev–Trinajstić information content (AvgIpc) is 2.61. The third kappa shape index (κ3) is 3.01. The van der Waals surface area contributed by atoms with Crippen molar-refractivity contribution in [3.8, 4) is 0 Å². The summed E-state index contributed by atoms with van der Waals surface area (Å²) < 4.78 is 0. The number of amides is 1. The fourth-order valence-corrected chi connectivity index (χ4v) is 2.77. The Balaban J connectivity index is 2.85. The monoisotopic (exact) mass is 240 g/mol. The summed E-state index contributed by atoms with van der Waals surface area (Å²) in [5.41, 5.74) is 0. The molecule has 1 amide bonds. The maximum atomic E-state index is 12.4. The summed E-state index contributed by atoms with van der Waals surface area (Å²) in [7, 11) is 0. The van der Waals surface area contributed by atoms with Gasteiger partial charge in [-0.3, -0.25) is 10.1 Å². The van der Waals surface area contributed by atoms with Crippen LogP contribution in [0.25, 0.3) is 0 Å². The van der Waals surface area contributed by atoms with Gasteiger partial charge in [0.25, 0.3) is 0 Å². The topological polar surface area (TPSA) is 32.3 Å². The molecule has 0 spiro atoms. The van der Waals surface area contributed by atoms with Crippen LogP contribution in [-0.4, -0.2) is 29.1 Å². The standard InChI is InChI=1S/C14H28N2O/c1-6-9-12-14(17)16(11(7-2)8-3)13(15-12)10(4)5/h10-13,15H,6-9H2,1-5H3. The molecule has 1 fully saturated rings. The van der Waals surface area contributed by atoms with Gasteiger partial charge >= 0.3 is 0 Å². The van der Waals surface area contributed by atoms with E-state index >= 15 is 0 Å². The Morgan fingerprint density at radius 2 is 1.82 bits per heavy atom. The van der Waals surface area contributed by atoms with Crippen LogP contribution in [0.15, 0.2) is 0 Å². The van der Waals surface area contributed by atoms with E-state index in [1.165, 1.54) is 0 Å². The van der Waals surface area contributed by atoms with Crippen LogP contribution in [0.4, 0.5) is 0 Å². The minimum absolute atomic E-state index is 0.0491. The molecule has 1 aliphatic heterocycles. The van der Waals surface area contributed by atoms with Gasteiger partial charge in [-0.1, -0.05) is 41.0 Å². The predicted molar refractivity (Wildman–Crippen MR) is 71.7 cm³/mol. The van der Waals surface area contributed by atoms with Crippen LogP contribution < -0.4 is 5.32 Å². The van der Waals surface area contributed by atoms with Gasteiger partial charge in [0.05, 0.1) is 12.2 Å². The molecule has 0 aliphatic carbocycles. The highest BCUT2D eigenvalue weighted by Gasteiger charge is 2.41. The molecule has 2 atom stereocenters. The minimum atomic E-state index is 0.0491. The van der Waals surface area contributed by atoms with E-state index in [0.29, 0.717) is 17.9 Å². The summed E-state index contributed by atoms with van der Waals surface area (Å²) in [5.74, 6) is 0.792. The smallest absolute Gasteiger partial charge is 0.241 e. The van der Waals surface area contributed by atoms with Crippen LogP contribution in [-0.2, 0) is 4.79 Å². The normalized spacial score (nSPS) is 25.4. The molecule has 1 heterocycles. The Hall–Kier alpha value is -0.570. The average molecular weight is 240 g/mol. The van der Waals surface area contributed by atoms with Gasteiger partial charge in [-0.2, -0.15) is 0 Å². The summed E-state index contributed by atoms with van der Waals surface area (Å²) in [6.45, 7) is 10.9. The Morgan fingerprint density at radius 1 is 1.24 bits per heavy atom. The second kappa shape index (κ2) is 6.39. The Bertz CT molecular complexity index is 249. The first-order chi connectivity index (χ1) is 8.06. The zero-order valence-electron chi connectivity index (χ0n) is 12.0. The molecule has 2 unspecified atom stereocenters. The second-order valence-electron chi connectivity index (χ2n) is 5.41. The van der Waals surface area contributed by atoms with Crippen LogP contribution in [0.5, 0.6) is 0 Å². The van der Waals surface area contributed by atoms with Gasteiger partial charge in [0.1, 0.15) is 0 Å². The zero-order valence-corrected chi connectivity index (χ0v) is 12.0. The van der Waals surface area contributed by atoms with E-state index in [0.717, 1.165) is 25.7 Å². The fourth-order valence-electron chi connectivity index (χ4n) is 2.77. The highest BCUT2D eigenvalue weighted by molar-refractivity contribution is 5.84. The number of hydrogen-bond acceptors (Lipinski definition) is 2. The van der Waals surface area contributed by atoms with Crippen molar-refractivity contribution < 1.29 is 4.79 Å². The molecule has 0 aromatic carbocycles. The molecular weight excluding hydrogens is 212 g/mol. The van der Waals surface area contributed by atoms with Gasteiger partial charge in [0.2, 0.25) is 5.91 Å². The molecule has 1 saturated heterocycles. The largest absolute Gasteiger partial charge is 0.323 e. The van der Waals surface area contributed by atoms with Crippen molar-refractivity contribution in [3.05, 3.63) is 0 Å². The molecule has 3 heteroatoms. The number of carbonyl (C=O) groups is 1. The first kappa shape index (κ1) is 14.5. The van der Waals surface area contributed by atoms with E-state index in [4.69, 9.17) is 0 Å². The van der Waals surface area contributed by atoms with Gasteiger partial charge in [-0.25, -0.2) is 0 Å². The minimum Gasteiger partial charge on any atom is -0.323 e. The predicted octanol–water partition coefficient (Wildman–Crippen LogP) is 2.76. The SMILES string of the molecule is CCCC1NC(C(C)C)N(C(CC)CC)C1=O. The van der Waals surface area contributed by atoms with Gasteiger partial charge < -0.3 is 4.90 Å². The number of nitrogens with zero attached hydrogens (tertiary/aromatic N) is 1. The van der Waals surface area contributed by atoms with Gasteiger partial charge in [-0.05, 0) is 25.2 Å². The quantitative estimate of drug-likeness (QED) is 0.774. The maximum Gasteiger partial charge on any atom is 0.241 e. The molecule has 0 aromatic heterocycles. The molecule has 1 rings (SSSR count). The van der Waals surface area contributed by atoms with Crippen molar-refractivity contribution >= 4 is 5.91 Å². The maximum absolute atomic E-state index is 12.4. The first-order valence-electron chi connectivity index (χ1n) is 7.14. The molecule has 0 aromatic rings. The van der Waals surface area contributed by atoms with Gasteiger partial charge in [0.15, 0.2) is 0 Å². The third-order valence-electron chi connectivity index (χ3n) is 3.77. The third-order valence-corrected chi connectivity index (χ3v) is 3.77. The molecule has 0 saturated carbocycles. The summed E-state index contributed by atoms with van der Waals surface area (Å²) in [6.07, 6.45) is 4.34. The van der Waals surface area contributed by atoms with E-state index in [-0.39, 0.29) is 12.2 Å². The van der Waals surface area contributed by atoms with Crippen LogP contribution in [0, 0.1) is 5.92 Å². The summed E-state index contributed by atoms with van der Waals surface area (Å²) >= 11 is 0. The Labute approximate surface area is 106 Å². The number of hydrogen-bond donors (Lipinski definition) is 1. The molecule has 1 aliphatic rings. The molecule has 100 valence electrons. The molecule has 17 heavy (non-hydrogen) atoms. The molecular formula is C14H28N2O. The lowest BCUT2D eigenvalue weighted by Crippen LogP contribution is -2.46. The summed E-state index contributed by atoms with van der Waals surface area (Å²) in [6, 6.07) is 0.442. The molecule has 3 nitrogen and oxygen atoms in total. The van der Waals surface area contributed by atoms with Crippen molar-refractivity contribution in [1.82, 2.24) is 10.2 Å². The van der Waals surface area contributed by atoms with Gasteiger partial charge in [-0.15, -0.1) is 0 Å². The van der Waals surface area contributed by atoms with Crippen molar-refractivity contribution in [2.45, 2.75) is 78.6 Å². The van der Waals surface area contributed by atoms with Crippen LogP contribution in [0.2, 0.25) is 0 Å². The van der Waals surface area contributed by atoms with E-state index in [9.17, 15) is 4.79 Å². The van der Waals surface area contributed by atoms with E-state index < -0.39 is 0 Å². The second-order valence-corrected chi connectivity index (χ2v) is 5.41. The zero-order chi connectivity index (χ0) is 13.0. The molecule has 0 radical (unpaired) electrons. The highest BCUT2D eigenvalue weighted by Crippen LogP contribution is 2.25. The number of nitrogens with one attached hydrogen (secondary N) is 1. The van der Waals surface area contributed by atoms with Crippen molar-refractivity contribution in [2.75, 3.05) is 0 Å². The van der Waals surface area contributed by atoms with E-state index in [2.05, 4.69) is 44.8 Å². The van der Waals surface area contributed by atoms with Crippen molar-refractivity contribution in [2.24, 2.45) is 5.92 Å². The van der Waals surface area contributed by atoms with Gasteiger partial charge in [0, 0.05) is 6.04 Å². The molecule has 0 bridgehead atoms. The molecule has 1 N–H and O–H groups in total. The summed E-state index contributed by atoms with van der Waals surface area (Å²) in [4.78, 5) is 14.5. The van der Waals surface area contributed by atoms with E-state index in [1.807, 2.05) is 0 Å². The van der Waals surface area contributed by atoms with Crippen molar-refractivity contribution in [3.63, 3.8) is 0 Å². The van der Waals surface area contributed by atoms with Crippen LogP contribution in [0.1, 0.15) is 60.3 Å². The van der Waals surface area contributed by atoms with Crippen LogP contribution in [0.3, 0.4) is 0 Å². The fraction of sp³-hybridized carbons (Fsp3) is 0.929. The van der Waals surface area contributed by atoms with Crippen LogP contribution >= 0.6 is 0 Å². The Kier molecular flexibility index (Phi) is 5.44. The Morgan fingerprint density at radius 3 is 2.24 bits per heavy atom. The van der Waals surface area contributed by atoms with Crippen molar-refractivity contribution in [1.29, 1.82) is 0 Å². The number of rotatable bonds is 6. The highest BCUT2D eigenvalue weighted by atomic mass is 16.2. The number of carbonyl (C=O) groups excluding carboxylic acids is 1. The first-order valence-corrected chi connectivity index (χ1v) is 7.14. The lowest BCUT2D eigenvalue weighted by Gasteiger charge is -2.33. The summed E-state index contributed by atoms with van der Waals surface area (Å²) in [5, 5.41) is 3.52. The van der Waals surface area contributed by atoms with E-state index in [1.54, 1.807) is 0 Å². The lowest BCUT2D eigenvalue weighted by molar-refractivity contribution is -0.133.